The fourth-order valence-electron chi connectivity index (χ4n) is 3.33. The van der Waals surface area contributed by atoms with Crippen LogP contribution < -0.4 is 10.2 Å². The molecule has 8 nitrogen and oxygen atoms in total. The highest BCUT2D eigenvalue weighted by atomic mass is 16.5. The number of hydrogen-bond acceptors (Lipinski definition) is 7. The molecule has 3 heterocycles. The molecule has 0 unspecified atom stereocenters. The maximum Gasteiger partial charge on any atom is 0.277 e. The minimum absolute atomic E-state index is 0.214. The van der Waals surface area contributed by atoms with Gasteiger partial charge in [0.15, 0.2) is 11.5 Å². The molecule has 2 aromatic heterocycles. The lowest BCUT2D eigenvalue weighted by Crippen LogP contribution is -2.45. The molecule has 1 N–H and O–H groups in total. The number of nitrogens with one attached hydrogen (secondary N) is 1. The predicted molar refractivity (Wildman–Crippen MR) is 111 cm³/mol. The van der Waals surface area contributed by atoms with Crippen LogP contribution in [0.1, 0.15) is 21.9 Å². The van der Waals surface area contributed by atoms with Crippen LogP contribution in [-0.4, -0.2) is 59.2 Å². The summed E-state index contributed by atoms with van der Waals surface area (Å²) in [5.74, 6) is 0.905. The Morgan fingerprint density at radius 1 is 1.03 bits per heavy atom. The summed E-state index contributed by atoms with van der Waals surface area (Å²) in [4.78, 5) is 26.4. The van der Waals surface area contributed by atoms with E-state index < -0.39 is 0 Å². The maximum absolute atomic E-state index is 12.7. The topological polar surface area (TPSA) is 87.4 Å². The Labute approximate surface area is 169 Å². The Morgan fingerprint density at radius 3 is 2.34 bits per heavy atom. The van der Waals surface area contributed by atoms with Crippen molar-refractivity contribution in [3.63, 3.8) is 0 Å². The number of amides is 1. The molecule has 29 heavy (non-hydrogen) atoms. The van der Waals surface area contributed by atoms with Crippen molar-refractivity contribution < 1.29 is 9.32 Å². The van der Waals surface area contributed by atoms with Crippen molar-refractivity contribution >= 4 is 17.5 Å². The molecule has 8 heteroatoms. The minimum atomic E-state index is -0.349. The summed E-state index contributed by atoms with van der Waals surface area (Å²) in [6, 6.07) is 11.2. The van der Waals surface area contributed by atoms with E-state index >= 15 is 0 Å². The van der Waals surface area contributed by atoms with E-state index in [1.807, 2.05) is 44.2 Å². The normalized spacial score (nSPS) is 14.8. The van der Waals surface area contributed by atoms with Crippen LogP contribution >= 0.6 is 0 Å². The highest BCUT2D eigenvalue weighted by Crippen LogP contribution is 2.23. The lowest BCUT2D eigenvalue weighted by Gasteiger charge is -2.32. The number of rotatable bonds is 4. The van der Waals surface area contributed by atoms with Crippen LogP contribution in [-0.2, 0) is 0 Å². The van der Waals surface area contributed by atoms with Crippen LogP contribution in [0, 0.1) is 13.8 Å². The Hall–Kier alpha value is -3.26. The van der Waals surface area contributed by atoms with Gasteiger partial charge in [-0.2, -0.15) is 0 Å². The zero-order valence-corrected chi connectivity index (χ0v) is 16.8. The van der Waals surface area contributed by atoms with Gasteiger partial charge in [-0.05, 0) is 20.9 Å². The first-order valence-corrected chi connectivity index (χ1v) is 9.63. The minimum Gasteiger partial charge on any atom is -0.355 e. The zero-order chi connectivity index (χ0) is 20.4. The Morgan fingerprint density at radius 2 is 1.69 bits per heavy atom. The van der Waals surface area contributed by atoms with Gasteiger partial charge in [-0.1, -0.05) is 35.5 Å². The molecular weight excluding hydrogens is 368 g/mol. The first kappa shape index (κ1) is 19.1. The second-order valence-electron chi connectivity index (χ2n) is 7.26. The van der Waals surface area contributed by atoms with E-state index in [-0.39, 0.29) is 11.6 Å². The first-order valence-electron chi connectivity index (χ1n) is 9.63. The van der Waals surface area contributed by atoms with E-state index in [0.29, 0.717) is 17.4 Å². The van der Waals surface area contributed by atoms with E-state index in [2.05, 4.69) is 37.3 Å². The fraction of sp³-hybridized carbons (Fsp3) is 0.333. The second-order valence-corrected chi connectivity index (χ2v) is 7.26. The summed E-state index contributed by atoms with van der Waals surface area (Å²) < 4.78 is 5.32. The number of nitrogens with zero attached hydrogens (tertiary/aromatic N) is 5. The first-order chi connectivity index (χ1) is 14.0. The SMILES string of the molecule is Cc1nc(N2CCN(C)CC2)nc(C)c1NC(=O)c1cc(-c2ccccc2)on1. The Kier molecular flexibility index (Phi) is 5.26. The number of carbonyl (C=O) groups is 1. The quantitative estimate of drug-likeness (QED) is 0.730. The Bertz CT molecular complexity index is 986. The van der Waals surface area contributed by atoms with Gasteiger partial charge >= 0.3 is 0 Å². The van der Waals surface area contributed by atoms with Gasteiger partial charge in [0.1, 0.15) is 0 Å². The van der Waals surface area contributed by atoms with Gasteiger partial charge in [0, 0.05) is 37.8 Å². The van der Waals surface area contributed by atoms with E-state index in [9.17, 15) is 4.79 Å². The summed E-state index contributed by atoms with van der Waals surface area (Å²) >= 11 is 0. The van der Waals surface area contributed by atoms with Gasteiger partial charge in [-0.3, -0.25) is 4.79 Å². The molecule has 1 saturated heterocycles. The third-order valence-electron chi connectivity index (χ3n) is 5.08. The van der Waals surface area contributed by atoms with Crippen LogP contribution in [0.5, 0.6) is 0 Å². The molecule has 0 spiro atoms. The van der Waals surface area contributed by atoms with Crippen molar-refractivity contribution in [2.75, 3.05) is 43.4 Å². The van der Waals surface area contributed by atoms with Crippen molar-refractivity contribution in [2.24, 2.45) is 0 Å². The second kappa shape index (κ2) is 8.00. The van der Waals surface area contributed by atoms with E-state index in [1.165, 1.54) is 0 Å². The number of likely N-dealkylation sites (N-methyl/N-ethyl adjacent to an activating group) is 1. The molecule has 1 aliphatic rings. The summed E-state index contributed by atoms with van der Waals surface area (Å²) in [7, 11) is 2.11. The molecule has 1 amide bonds. The number of aryl methyl sites for hydroxylation is 2. The van der Waals surface area contributed by atoms with Crippen molar-refractivity contribution in [1.29, 1.82) is 0 Å². The van der Waals surface area contributed by atoms with Gasteiger partial charge < -0.3 is 19.6 Å². The average molecular weight is 392 g/mol. The number of hydrogen-bond donors (Lipinski definition) is 1. The van der Waals surface area contributed by atoms with Crippen molar-refractivity contribution in [1.82, 2.24) is 20.0 Å². The molecule has 3 aromatic rings. The molecule has 0 atom stereocenters. The van der Waals surface area contributed by atoms with Gasteiger partial charge in [-0.25, -0.2) is 9.97 Å². The monoisotopic (exact) mass is 392 g/mol. The molecule has 1 aromatic carbocycles. The van der Waals surface area contributed by atoms with Gasteiger partial charge in [0.05, 0.1) is 17.1 Å². The van der Waals surface area contributed by atoms with E-state index in [4.69, 9.17) is 4.52 Å². The fourth-order valence-corrected chi connectivity index (χ4v) is 3.33. The van der Waals surface area contributed by atoms with Crippen LogP contribution in [0.15, 0.2) is 40.9 Å². The maximum atomic E-state index is 12.7. The van der Waals surface area contributed by atoms with Crippen molar-refractivity contribution in [3.8, 4) is 11.3 Å². The van der Waals surface area contributed by atoms with Gasteiger partial charge in [-0.15, -0.1) is 0 Å². The average Bonchev–Trinajstić information content (AvgIpc) is 3.22. The molecule has 1 aliphatic heterocycles. The number of benzene rings is 1. The van der Waals surface area contributed by atoms with E-state index in [0.717, 1.165) is 43.1 Å². The molecule has 0 saturated carbocycles. The summed E-state index contributed by atoms with van der Waals surface area (Å²) in [6.07, 6.45) is 0. The predicted octanol–water partition coefficient (Wildman–Crippen LogP) is 2.75. The standard InChI is InChI=1S/C21H24N6O2/c1-14-19(15(2)23-21(22-14)27-11-9-26(3)10-12-27)24-20(28)17-13-18(29-25-17)16-7-5-4-6-8-16/h4-8,13H,9-12H2,1-3H3,(H,24,28). The third-order valence-corrected chi connectivity index (χ3v) is 5.08. The zero-order valence-electron chi connectivity index (χ0n) is 16.8. The molecule has 0 bridgehead atoms. The highest BCUT2D eigenvalue weighted by molar-refractivity contribution is 6.03. The molecule has 0 radical (unpaired) electrons. The van der Waals surface area contributed by atoms with Gasteiger partial charge in [0.2, 0.25) is 5.95 Å². The largest absolute Gasteiger partial charge is 0.355 e. The summed E-state index contributed by atoms with van der Waals surface area (Å²) in [5.41, 5.74) is 3.15. The summed E-state index contributed by atoms with van der Waals surface area (Å²) in [5, 5.41) is 6.79. The molecule has 150 valence electrons. The van der Waals surface area contributed by atoms with Gasteiger partial charge in [0.25, 0.3) is 5.91 Å². The lowest BCUT2D eigenvalue weighted by atomic mass is 10.1. The molecular formula is C21H24N6O2. The number of aromatic nitrogens is 3. The highest BCUT2D eigenvalue weighted by Gasteiger charge is 2.21. The smallest absolute Gasteiger partial charge is 0.277 e. The van der Waals surface area contributed by atoms with E-state index in [1.54, 1.807) is 6.07 Å². The lowest BCUT2D eigenvalue weighted by molar-refractivity contribution is 0.101. The number of piperazine rings is 1. The number of anilines is 2. The van der Waals surface area contributed by atoms with Crippen molar-refractivity contribution in [3.05, 3.63) is 53.5 Å². The molecule has 1 fully saturated rings. The number of carbonyl (C=O) groups excluding carboxylic acids is 1. The van der Waals surface area contributed by atoms with Crippen LogP contribution in [0.4, 0.5) is 11.6 Å². The van der Waals surface area contributed by atoms with Crippen LogP contribution in [0.25, 0.3) is 11.3 Å². The third kappa shape index (κ3) is 4.12. The molecule has 0 aliphatic carbocycles. The van der Waals surface area contributed by atoms with Crippen LogP contribution in [0.2, 0.25) is 0 Å². The summed E-state index contributed by atoms with van der Waals surface area (Å²) in [6.45, 7) is 7.50. The Balaban J connectivity index is 1.50. The van der Waals surface area contributed by atoms with Crippen molar-refractivity contribution in [2.45, 2.75) is 13.8 Å². The molecule has 4 rings (SSSR count). The van der Waals surface area contributed by atoms with Crippen LogP contribution in [0.3, 0.4) is 0 Å².